The number of sulfonamides is 2. The lowest BCUT2D eigenvalue weighted by atomic mass is 9.68. The van der Waals surface area contributed by atoms with Gasteiger partial charge in [0.2, 0.25) is 20.0 Å². The van der Waals surface area contributed by atoms with Gasteiger partial charge < -0.3 is 38.2 Å². The number of halogens is 2. The van der Waals surface area contributed by atoms with E-state index in [1.165, 1.54) is 36.5 Å². The number of amides is 2. The van der Waals surface area contributed by atoms with E-state index in [0.717, 1.165) is 112 Å². The summed E-state index contributed by atoms with van der Waals surface area (Å²) in [6.07, 6.45) is 19.1. The lowest BCUT2D eigenvalue weighted by molar-refractivity contribution is 0.0129. The average Bonchev–Trinajstić information content (AvgIpc) is 1.76. The van der Waals surface area contributed by atoms with Crippen molar-refractivity contribution in [2.24, 2.45) is 35.5 Å². The van der Waals surface area contributed by atoms with E-state index in [4.69, 9.17) is 51.6 Å². The largest absolute Gasteiger partial charge is 0.490 e. The average molecular weight is 1290 g/mol. The lowest BCUT2D eigenvalue weighted by Gasteiger charge is -2.46. The molecule has 2 saturated carbocycles. The molecule has 4 bridgehead atoms. The third kappa shape index (κ3) is 13.6. The van der Waals surface area contributed by atoms with Crippen molar-refractivity contribution in [1.29, 1.82) is 0 Å². The molecular formula is C68H86Cl2N4O12S2. The third-order valence-electron chi connectivity index (χ3n) is 20.4. The van der Waals surface area contributed by atoms with Crippen LogP contribution in [0, 0.1) is 35.5 Å². The molecule has 8 aliphatic rings. The van der Waals surface area contributed by atoms with Gasteiger partial charge in [-0.1, -0.05) is 73.5 Å². The van der Waals surface area contributed by atoms with Crippen molar-refractivity contribution in [2.75, 3.05) is 90.8 Å². The van der Waals surface area contributed by atoms with Crippen molar-refractivity contribution in [2.45, 2.75) is 124 Å². The summed E-state index contributed by atoms with van der Waals surface area (Å²) in [7, 11) is -1.58. The van der Waals surface area contributed by atoms with E-state index in [-0.39, 0.29) is 59.2 Å². The highest BCUT2D eigenvalue weighted by atomic mass is 35.5. The Morgan fingerprint density at radius 3 is 1.36 bits per heavy atom. The lowest BCUT2D eigenvalue weighted by Crippen LogP contribution is -2.49. The molecule has 88 heavy (non-hydrogen) atoms. The number of methoxy groups -OCH3 is 4. The summed E-state index contributed by atoms with van der Waals surface area (Å²) in [5.74, 6) is 1.44. The summed E-state index contributed by atoms with van der Waals surface area (Å²) < 4.78 is 94.2. The maximum atomic E-state index is 13.5. The van der Waals surface area contributed by atoms with Crippen LogP contribution in [-0.4, -0.2) is 132 Å². The summed E-state index contributed by atoms with van der Waals surface area (Å²) in [6.45, 7) is 7.99. The van der Waals surface area contributed by atoms with Crippen LogP contribution in [0.4, 0.5) is 11.4 Å². The first-order valence-electron chi connectivity index (χ1n) is 31.4. The van der Waals surface area contributed by atoms with Gasteiger partial charge in [-0.25, -0.2) is 26.3 Å². The number of nitrogens with one attached hydrogen (secondary N) is 2. The molecule has 476 valence electrons. The van der Waals surface area contributed by atoms with Crippen LogP contribution in [0.25, 0.3) is 0 Å². The number of ether oxygens (including phenoxy) is 6. The zero-order chi connectivity index (χ0) is 62.1. The number of carbonyl (C=O) groups excluding carboxylic acids is 2. The minimum absolute atomic E-state index is 0.0141. The minimum atomic E-state index is -4.02. The quantitative estimate of drug-likeness (QED) is 0.174. The van der Waals surface area contributed by atoms with Gasteiger partial charge in [0.25, 0.3) is 11.8 Å². The number of aryl methyl sites for hydroxylation is 2. The molecular weight excluding hydrogens is 1200 g/mol. The Labute approximate surface area is 530 Å². The zero-order valence-electron chi connectivity index (χ0n) is 51.5. The maximum absolute atomic E-state index is 13.5. The van der Waals surface area contributed by atoms with E-state index in [2.05, 4.69) is 67.8 Å². The van der Waals surface area contributed by atoms with Gasteiger partial charge in [0.1, 0.15) is 22.0 Å². The number of rotatable bonds is 6. The van der Waals surface area contributed by atoms with Crippen LogP contribution < -0.4 is 28.7 Å². The van der Waals surface area contributed by atoms with Crippen molar-refractivity contribution < 1.29 is 54.8 Å². The van der Waals surface area contributed by atoms with Crippen molar-refractivity contribution >= 4 is 66.4 Å². The molecule has 12 atom stereocenters. The molecule has 0 aromatic heterocycles. The van der Waals surface area contributed by atoms with E-state index in [9.17, 15) is 26.4 Å². The molecule has 2 fully saturated rings. The highest BCUT2D eigenvalue weighted by Gasteiger charge is 2.47. The van der Waals surface area contributed by atoms with Crippen LogP contribution >= 0.6 is 23.2 Å². The van der Waals surface area contributed by atoms with Crippen molar-refractivity contribution in [1.82, 2.24) is 9.44 Å². The second-order valence-electron chi connectivity index (χ2n) is 26.3. The molecule has 0 saturated heterocycles. The molecule has 20 heteroatoms. The van der Waals surface area contributed by atoms with Gasteiger partial charge in [-0.15, -0.1) is 0 Å². The molecule has 4 heterocycles. The van der Waals surface area contributed by atoms with Crippen molar-refractivity contribution in [3.05, 3.63) is 141 Å². The second-order valence-corrected chi connectivity index (χ2v) is 31.1. The van der Waals surface area contributed by atoms with Crippen molar-refractivity contribution in [3.63, 3.8) is 0 Å². The van der Waals surface area contributed by atoms with Crippen LogP contribution in [0.1, 0.15) is 121 Å². The minimum Gasteiger partial charge on any atom is -0.490 e. The first-order valence-corrected chi connectivity index (χ1v) is 35.2. The van der Waals surface area contributed by atoms with Crippen LogP contribution in [-0.2, 0) is 62.7 Å². The predicted molar refractivity (Wildman–Crippen MR) is 344 cm³/mol. The van der Waals surface area contributed by atoms with Gasteiger partial charge in [0.15, 0.2) is 0 Å². The highest BCUT2D eigenvalue weighted by molar-refractivity contribution is 7.91. The number of carbonyl (C=O) groups is 2. The smallest absolute Gasteiger partial charge is 0.264 e. The molecule has 0 radical (unpaired) electrons. The molecule has 2 spiro atoms. The Balaban J connectivity index is 0.000000182. The Morgan fingerprint density at radius 2 is 0.989 bits per heavy atom. The van der Waals surface area contributed by atoms with E-state index >= 15 is 0 Å². The van der Waals surface area contributed by atoms with Gasteiger partial charge in [0.05, 0.1) is 50.0 Å². The molecule has 16 nitrogen and oxygen atoms in total. The SMILES string of the molecule is COC[C@@H]1C[C@@H](C)/C=C/[C@H](OC)[C@@H]2CC[C@H]2CN2C[C@@]3(CCCc4cc(Cl)ccc43)COc3ccc(cc32)C(=O)NS1(=O)=O.COC[C@@H]1C[C@H](C)/C=C/[C@H](OC)[C@@H]2CC[C@H]2CN2C[C@@]3(CCCc4cc(Cl)ccc43)COc3ccc(cc32)C(=O)NS1(=O)=O. The number of benzene rings is 4. The molecule has 0 unspecified atom stereocenters. The first-order chi connectivity index (χ1) is 42.2. The standard InChI is InChI=1S/2C34H43ClN2O6S/c2*1-22-6-12-31(42-3)28-10-7-25(28)18-37-20-34(14-4-5-23-16-26(35)9-11-29(23)34)21-43-32-13-8-24(17-30(32)37)33(38)36-44(39,40)27(15-22)19-41-2/h2*6,8-9,11-13,16-17,22,25,27-28,31H,4-5,7,10,14-15,18-21H2,1-3H3,(H,36,38)/b2*12-6+/t22-,25+,27+,28-,31+,34+;22-,25-,27-,28+,31-,34-/m10/s1. The Hall–Kier alpha value is -5.18. The van der Waals surface area contributed by atoms with Gasteiger partial charge in [0, 0.05) is 86.6 Å². The summed E-state index contributed by atoms with van der Waals surface area (Å²) in [5.41, 5.74) is 6.80. The van der Waals surface area contributed by atoms with Gasteiger partial charge in [-0.3, -0.25) is 9.59 Å². The first kappa shape index (κ1) is 64.4. The Morgan fingerprint density at radius 1 is 0.568 bits per heavy atom. The fourth-order valence-electron chi connectivity index (χ4n) is 15.4. The van der Waals surface area contributed by atoms with Crippen LogP contribution in [0.2, 0.25) is 10.0 Å². The number of allylic oxidation sites excluding steroid dienone is 2. The molecule has 12 rings (SSSR count). The van der Waals surface area contributed by atoms with E-state index < -0.39 is 42.4 Å². The number of anilines is 2. The summed E-state index contributed by atoms with van der Waals surface area (Å²) in [5, 5.41) is -0.289. The summed E-state index contributed by atoms with van der Waals surface area (Å²) >= 11 is 12.8. The van der Waals surface area contributed by atoms with E-state index in [1.807, 2.05) is 38.1 Å². The molecule has 2 amide bonds. The molecule has 4 aliphatic carbocycles. The molecule has 4 aromatic carbocycles. The number of hydrogen-bond donors (Lipinski definition) is 2. The Bertz CT molecular complexity index is 3290. The van der Waals surface area contributed by atoms with Crippen molar-refractivity contribution in [3.8, 4) is 11.5 Å². The summed E-state index contributed by atoms with van der Waals surface area (Å²) in [4.78, 5) is 31.8. The molecule has 2 N–H and O–H groups in total. The summed E-state index contributed by atoms with van der Waals surface area (Å²) in [6, 6.07) is 23.0. The predicted octanol–water partition coefficient (Wildman–Crippen LogP) is 11.0. The zero-order valence-corrected chi connectivity index (χ0v) is 54.7. The van der Waals surface area contributed by atoms with E-state index in [1.54, 1.807) is 38.5 Å². The second kappa shape index (κ2) is 27.0. The van der Waals surface area contributed by atoms with Crippen LogP contribution in [0.5, 0.6) is 11.5 Å². The monoisotopic (exact) mass is 1280 g/mol. The van der Waals surface area contributed by atoms with E-state index in [0.29, 0.717) is 61.2 Å². The van der Waals surface area contributed by atoms with Gasteiger partial charge in [-0.05, 0) is 195 Å². The normalized spacial score (nSPS) is 32.3. The molecule has 4 aliphatic heterocycles. The van der Waals surface area contributed by atoms with Crippen LogP contribution in [0.15, 0.2) is 97.1 Å². The van der Waals surface area contributed by atoms with Crippen LogP contribution in [0.3, 0.4) is 0 Å². The fourth-order valence-corrected chi connectivity index (χ4v) is 18.7. The molecule has 4 aromatic rings. The fraction of sp³-hybridized carbons (Fsp3) is 0.559. The topological polar surface area (TPSA) is 188 Å². The maximum Gasteiger partial charge on any atom is 0.264 e. The number of fused-ring (bicyclic) bond motifs is 8. The van der Waals surface area contributed by atoms with Gasteiger partial charge in [-0.2, -0.15) is 0 Å². The highest BCUT2D eigenvalue weighted by Crippen LogP contribution is 2.50. The number of hydrogen-bond acceptors (Lipinski definition) is 14. The van der Waals surface area contributed by atoms with Gasteiger partial charge >= 0.3 is 0 Å². The number of nitrogens with zero attached hydrogens (tertiary/aromatic N) is 2. The third-order valence-corrected chi connectivity index (χ3v) is 24.3. The Kier molecular flexibility index (Phi) is 19.7.